The standard InChI is InChI=1S/C18H25F2N3O2.HI/c1-13-3-4-16(25-17(19)20)15(11-13)12-23-18(21-2)22-8-5-14-6-9-24-10-7-14;/h3-4,6,11,17H,5,7-10,12H2,1-2H3,(H2,21,22,23);1H. The second-order valence-corrected chi connectivity index (χ2v) is 5.78. The van der Waals surface area contributed by atoms with Crippen molar-refractivity contribution in [3.8, 4) is 5.75 Å². The Kier molecular flexibility index (Phi) is 10.5. The monoisotopic (exact) mass is 481 g/mol. The summed E-state index contributed by atoms with van der Waals surface area (Å²) in [4.78, 5) is 4.16. The number of hydrogen-bond acceptors (Lipinski definition) is 3. The van der Waals surface area contributed by atoms with E-state index in [0.717, 1.165) is 31.6 Å². The van der Waals surface area contributed by atoms with Crippen molar-refractivity contribution in [1.82, 2.24) is 10.6 Å². The Bertz CT molecular complexity index is 624. The summed E-state index contributed by atoms with van der Waals surface area (Å²) in [7, 11) is 1.68. The first kappa shape index (κ1) is 22.6. The maximum absolute atomic E-state index is 12.5. The third kappa shape index (κ3) is 7.86. The zero-order valence-electron chi connectivity index (χ0n) is 15.1. The minimum atomic E-state index is -2.84. The van der Waals surface area contributed by atoms with E-state index >= 15 is 0 Å². The molecule has 5 nitrogen and oxygen atoms in total. The minimum absolute atomic E-state index is 0. The van der Waals surface area contributed by atoms with E-state index in [-0.39, 0.29) is 29.7 Å². The summed E-state index contributed by atoms with van der Waals surface area (Å²) >= 11 is 0. The first-order valence-electron chi connectivity index (χ1n) is 8.33. The van der Waals surface area contributed by atoms with Gasteiger partial charge in [-0.2, -0.15) is 8.78 Å². The van der Waals surface area contributed by atoms with Gasteiger partial charge in [-0.05, 0) is 25.8 Å². The summed E-state index contributed by atoms with van der Waals surface area (Å²) in [6.45, 7) is 1.62. The number of alkyl halides is 2. The predicted octanol–water partition coefficient (Wildman–Crippen LogP) is 3.62. The van der Waals surface area contributed by atoms with Crippen molar-refractivity contribution in [2.45, 2.75) is 32.9 Å². The first-order valence-corrected chi connectivity index (χ1v) is 8.33. The fourth-order valence-corrected chi connectivity index (χ4v) is 2.59. The molecule has 0 saturated heterocycles. The van der Waals surface area contributed by atoms with Crippen LogP contribution in [-0.4, -0.2) is 39.4 Å². The lowest BCUT2D eigenvalue weighted by molar-refractivity contribution is -0.0504. The van der Waals surface area contributed by atoms with Gasteiger partial charge in [-0.1, -0.05) is 29.3 Å². The first-order chi connectivity index (χ1) is 12.1. The Morgan fingerprint density at radius 3 is 2.81 bits per heavy atom. The van der Waals surface area contributed by atoms with Crippen LogP contribution in [-0.2, 0) is 11.3 Å². The van der Waals surface area contributed by atoms with Gasteiger partial charge in [0.15, 0.2) is 5.96 Å². The minimum Gasteiger partial charge on any atom is -0.434 e. The van der Waals surface area contributed by atoms with Crippen molar-refractivity contribution in [3.05, 3.63) is 41.0 Å². The van der Waals surface area contributed by atoms with E-state index in [4.69, 9.17) is 4.74 Å². The number of benzene rings is 1. The molecule has 1 aliphatic heterocycles. The molecule has 0 amide bonds. The maximum atomic E-state index is 12.5. The summed E-state index contributed by atoms with van der Waals surface area (Å²) in [5.74, 6) is 0.799. The molecule has 1 heterocycles. The van der Waals surface area contributed by atoms with Gasteiger partial charge in [0.2, 0.25) is 0 Å². The van der Waals surface area contributed by atoms with Gasteiger partial charge in [-0.3, -0.25) is 4.99 Å². The fourth-order valence-electron chi connectivity index (χ4n) is 2.59. The Morgan fingerprint density at radius 1 is 1.35 bits per heavy atom. The molecule has 1 aromatic carbocycles. The third-order valence-corrected chi connectivity index (χ3v) is 3.90. The number of rotatable bonds is 7. The van der Waals surface area contributed by atoms with Crippen LogP contribution in [0.25, 0.3) is 0 Å². The van der Waals surface area contributed by atoms with Crippen LogP contribution in [0.1, 0.15) is 24.0 Å². The maximum Gasteiger partial charge on any atom is 0.387 e. The summed E-state index contributed by atoms with van der Waals surface area (Å²) < 4.78 is 34.9. The predicted molar refractivity (Wildman–Crippen MR) is 110 cm³/mol. The van der Waals surface area contributed by atoms with Gasteiger partial charge in [0.25, 0.3) is 0 Å². The number of ether oxygens (including phenoxy) is 2. The highest BCUT2D eigenvalue weighted by Gasteiger charge is 2.10. The van der Waals surface area contributed by atoms with Crippen LogP contribution < -0.4 is 15.4 Å². The highest BCUT2D eigenvalue weighted by atomic mass is 127. The molecule has 0 bridgehead atoms. The molecule has 1 aromatic rings. The van der Waals surface area contributed by atoms with Crippen LogP contribution in [0.2, 0.25) is 0 Å². The molecular formula is C18H26F2IN3O2. The number of hydrogen-bond donors (Lipinski definition) is 2. The number of nitrogens with zero attached hydrogens (tertiary/aromatic N) is 1. The van der Waals surface area contributed by atoms with E-state index in [0.29, 0.717) is 24.7 Å². The lowest BCUT2D eigenvalue weighted by atomic mass is 10.1. The normalized spacial score (nSPS) is 14.5. The van der Waals surface area contributed by atoms with Crippen molar-refractivity contribution in [3.63, 3.8) is 0 Å². The lowest BCUT2D eigenvalue weighted by Gasteiger charge is -2.17. The highest BCUT2D eigenvalue weighted by molar-refractivity contribution is 14.0. The zero-order chi connectivity index (χ0) is 18.1. The van der Waals surface area contributed by atoms with E-state index in [1.54, 1.807) is 19.2 Å². The summed E-state index contributed by atoms with van der Waals surface area (Å²) in [6, 6.07) is 5.13. The number of guanidine groups is 1. The molecule has 0 spiro atoms. The summed E-state index contributed by atoms with van der Waals surface area (Å²) in [5.41, 5.74) is 3.02. The van der Waals surface area contributed by atoms with E-state index in [1.807, 2.05) is 13.0 Å². The Morgan fingerprint density at radius 2 is 2.15 bits per heavy atom. The van der Waals surface area contributed by atoms with E-state index in [2.05, 4.69) is 26.4 Å². The van der Waals surface area contributed by atoms with E-state index in [9.17, 15) is 8.78 Å². The van der Waals surface area contributed by atoms with Gasteiger partial charge < -0.3 is 20.1 Å². The Hall–Kier alpha value is -1.42. The molecule has 8 heteroatoms. The topological polar surface area (TPSA) is 54.9 Å². The van der Waals surface area contributed by atoms with Gasteiger partial charge >= 0.3 is 6.61 Å². The molecule has 2 rings (SSSR count). The SMILES string of the molecule is CN=C(NCCC1=CCOCC1)NCc1cc(C)ccc1OC(F)F.I. The number of aryl methyl sites for hydroxylation is 1. The molecule has 26 heavy (non-hydrogen) atoms. The van der Waals surface area contributed by atoms with Gasteiger partial charge in [-0.25, -0.2) is 0 Å². The third-order valence-electron chi connectivity index (χ3n) is 3.90. The smallest absolute Gasteiger partial charge is 0.387 e. The van der Waals surface area contributed by atoms with E-state index in [1.165, 1.54) is 5.57 Å². The van der Waals surface area contributed by atoms with Gasteiger partial charge in [-0.15, -0.1) is 24.0 Å². The van der Waals surface area contributed by atoms with Crippen LogP contribution in [0.15, 0.2) is 34.8 Å². The fraction of sp³-hybridized carbons (Fsp3) is 0.500. The zero-order valence-corrected chi connectivity index (χ0v) is 17.4. The largest absolute Gasteiger partial charge is 0.434 e. The van der Waals surface area contributed by atoms with Crippen molar-refractivity contribution in [2.75, 3.05) is 26.8 Å². The molecule has 0 fully saturated rings. The number of halogens is 3. The second kappa shape index (κ2) is 12.1. The van der Waals surface area contributed by atoms with Crippen LogP contribution >= 0.6 is 24.0 Å². The van der Waals surface area contributed by atoms with Crippen molar-refractivity contribution in [1.29, 1.82) is 0 Å². The Labute approximate surface area is 170 Å². The molecule has 0 aromatic heterocycles. The van der Waals surface area contributed by atoms with E-state index < -0.39 is 6.61 Å². The average molecular weight is 481 g/mol. The summed E-state index contributed by atoms with van der Waals surface area (Å²) in [6.07, 6.45) is 4.00. The average Bonchev–Trinajstić information content (AvgIpc) is 2.60. The van der Waals surface area contributed by atoms with Crippen LogP contribution in [0, 0.1) is 6.92 Å². The molecule has 2 N–H and O–H groups in total. The molecule has 0 radical (unpaired) electrons. The summed E-state index contributed by atoms with van der Waals surface area (Å²) in [5, 5.41) is 6.36. The van der Waals surface area contributed by atoms with Crippen molar-refractivity contribution >= 4 is 29.9 Å². The second-order valence-electron chi connectivity index (χ2n) is 5.78. The molecule has 0 unspecified atom stereocenters. The molecule has 1 aliphatic rings. The van der Waals surface area contributed by atoms with Crippen molar-refractivity contribution in [2.24, 2.45) is 4.99 Å². The van der Waals surface area contributed by atoms with Gasteiger partial charge in [0.1, 0.15) is 5.75 Å². The highest BCUT2D eigenvalue weighted by Crippen LogP contribution is 2.22. The Balaban J connectivity index is 0.00000338. The van der Waals surface area contributed by atoms with Crippen LogP contribution in [0.5, 0.6) is 5.75 Å². The molecular weight excluding hydrogens is 455 g/mol. The molecule has 0 atom stereocenters. The van der Waals surface area contributed by atoms with Gasteiger partial charge in [0.05, 0.1) is 13.2 Å². The number of nitrogens with one attached hydrogen (secondary N) is 2. The molecule has 146 valence electrons. The van der Waals surface area contributed by atoms with Crippen LogP contribution in [0.3, 0.4) is 0 Å². The molecule has 0 saturated carbocycles. The van der Waals surface area contributed by atoms with Crippen LogP contribution in [0.4, 0.5) is 8.78 Å². The molecule has 0 aliphatic carbocycles. The number of aliphatic imine (C=N–C) groups is 1. The van der Waals surface area contributed by atoms with Crippen molar-refractivity contribution < 1.29 is 18.3 Å². The lowest BCUT2D eigenvalue weighted by Crippen LogP contribution is -2.37. The quantitative estimate of drug-likeness (QED) is 0.271. The van der Waals surface area contributed by atoms with Gasteiger partial charge in [0, 0.05) is 25.7 Å².